The van der Waals surface area contributed by atoms with Crippen molar-refractivity contribution in [3.63, 3.8) is 0 Å². The van der Waals surface area contributed by atoms with Crippen molar-refractivity contribution >= 4 is 11.9 Å². The Balaban J connectivity index is 2.38. The van der Waals surface area contributed by atoms with E-state index in [0.717, 1.165) is 0 Å². The van der Waals surface area contributed by atoms with Crippen molar-refractivity contribution in [1.82, 2.24) is 0 Å². The highest BCUT2D eigenvalue weighted by atomic mass is 16.6. The van der Waals surface area contributed by atoms with E-state index in [-0.39, 0.29) is 18.6 Å². The highest BCUT2D eigenvalue weighted by Gasteiger charge is 2.45. The van der Waals surface area contributed by atoms with Crippen LogP contribution in [0.5, 0.6) is 0 Å². The summed E-state index contributed by atoms with van der Waals surface area (Å²) in [5.41, 5.74) is -1.20. The number of rotatable bonds is 3. The van der Waals surface area contributed by atoms with Crippen LogP contribution in [0.15, 0.2) is 16.5 Å². The van der Waals surface area contributed by atoms with Crippen LogP contribution in [0.25, 0.3) is 0 Å². The van der Waals surface area contributed by atoms with Gasteiger partial charge < -0.3 is 14.3 Å². The number of carboxylic acid groups (broad SMARTS) is 1. The fourth-order valence-electron chi connectivity index (χ4n) is 1.97. The minimum absolute atomic E-state index is 0.125. The number of nitro groups is 1. The smallest absolute Gasteiger partial charge is 0.433 e. The van der Waals surface area contributed by atoms with Crippen molar-refractivity contribution in [2.75, 3.05) is 13.2 Å². The standard InChI is InChI=1S/C10H11NO6/c12-9(13)10(3-5-16-6-4-10)7-1-2-8(17-7)11(14)15/h1-2H,3-6H2,(H,12,13). The van der Waals surface area contributed by atoms with E-state index in [4.69, 9.17) is 9.15 Å². The molecule has 7 heteroatoms. The SMILES string of the molecule is O=C(O)C1(c2ccc([N+](=O)[O-])o2)CCOCC1. The number of hydrogen-bond donors (Lipinski definition) is 1. The summed E-state index contributed by atoms with van der Waals surface area (Å²) in [5, 5.41) is 19.8. The molecule has 0 aliphatic carbocycles. The molecule has 1 aliphatic heterocycles. The third-order valence-electron chi connectivity index (χ3n) is 3.00. The van der Waals surface area contributed by atoms with Crippen molar-refractivity contribution in [3.05, 3.63) is 28.0 Å². The molecule has 1 saturated heterocycles. The van der Waals surface area contributed by atoms with Crippen LogP contribution in [0.4, 0.5) is 5.88 Å². The van der Waals surface area contributed by atoms with Gasteiger partial charge in [-0.15, -0.1) is 0 Å². The summed E-state index contributed by atoms with van der Waals surface area (Å²) in [4.78, 5) is 21.2. The number of hydrogen-bond acceptors (Lipinski definition) is 5. The summed E-state index contributed by atoms with van der Waals surface area (Å²) >= 11 is 0. The maximum Gasteiger partial charge on any atom is 0.433 e. The predicted molar refractivity (Wildman–Crippen MR) is 54.7 cm³/mol. The lowest BCUT2D eigenvalue weighted by Gasteiger charge is -2.30. The minimum Gasteiger partial charge on any atom is -0.480 e. The Hall–Kier alpha value is -1.89. The van der Waals surface area contributed by atoms with E-state index in [9.17, 15) is 20.0 Å². The molecule has 1 aliphatic rings. The number of carbonyl (C=O) groups is 1. The highest BCUT2D eigenvalue weighted by molar-refractivity contribution is 5.80. The van der Waals surface area contributed by atoms with Crippen molar-refractivity contribution in [1.29, 1.82) is 0 Å². The topological polar surface area (TPSA) is 103 Å². The summed E-state index contributed by atoms with van der Waals surface area (Å²) in [6, 6.07) is 2.53. The summed E-state index contributed by atoms with van der Waals surface area (Å²) in [6.45, 7) is 0.613. The maximum atomic E-state index is 11.4. The Morgan fingerprint density at radius 1 is 1.41 bits per heavy atom. The van der Waals surface area contributed by atoms with E-state index in [1.165, 1.54) is 12.1 Å². The van der Waals surface area contributed by atoms with Crippen LogP contribution in [-0.4, -0.2) is 29.2 Å². The van der Waals surface area contributed by atoms with Crippen LogP contribution < -0.4 is 0 Å². The second kappa shape index (κ2) is 4.17. The number of aliphatic carboxylic acids is 1. The lowest BCUT2D eigenvalue weighted by atomic mass is 9.78. The van der Waals surface area contributed by atoms with Gasteiger partial charge in [0.2, 0.25) is 0 Å². The van der Waals surface area contributed by atoms with Gasteiger partial charge in [-0.25, -0.2) is 0 Å². The van der Waals surface area contributed by atoms with Gasteiger partial charge in [0, 0.05) is 13.2 Å². The Morgan fingerprint density at radius 3 is 2.53 bits per heavy atom. The number of nitrogens with zero attached hydrogens (tertiary/aromatic N) is 1. The van der Waals surface area contributed by atoms with Gasteiger partial charge in [0.05, 0.1) is 6.07 Å². The molecular formula is C10H11NO6. The van der Waals surface area contributed by atoms with E-state index >= 15 is 0 Å². The molecule has 0 bridgehead atoms. The second-order valence-corrected chi connectivity index (χ2v) is 3.89. The van der Waals surface area contributed by atoms with E-state index in [1.807, 2.05) is 0 Å². The zero-order valence-electron chi connectivity index (χ0n) is 8.92. The van der Waals surface area contributed by atoms with E-state index in [0.29, 0.717) is 13.2 Å². The molecular weight excluding hydrogens is 230 g/mol. The maximum absolute atomic E-state index is 11.4. The largest absolute Gasteiger partial charge is 0.480 e. The van der Waals surface area contributed by atoms with E-state index in [1.54, 1.807) is 0 Å². The van der Waals surface area contributed by atoms with Gasteiger partial charge in [0.25, 0.3) is 0 Å². The van der Waals surface area contributed by atoms with Crippen LogP contribution in [0.3, 0.4) is 0 Å². The molecule has 92 valence electrons. The van der Waals surface area contributed by atoms with Gasteiger partial charge in [0.15, 0.2) is 0 Å². The number of ether oxygens (including phenoxy) is 1. The van der Waals surface area contributed by atoms with E-state index in [2.05, 4.69) is 0 Å². The molecule has 0 amide bonds. The normalized spacial score (nSPS) is 18.8. The van der Waals surface area contributed by atoms with Crippen LogP contribution >= 0.6 is 0 Å². The number of furan rings is 1. The quantitative estimate of drug-likeness (QED) is 0.632. The molecule has 2 heterocycles. The zero-order chi connectivity index (χ0) is 12.5. The Labute approximate surface area is 96.1 Å². The molecule has 0 aromatic carbocycles. The minimum atomic E-state index is -1.20. The molecule has 1 aromatic heterocycles. The highest BCUT2D eigenvalue weighted by Crippen LogP contribution is 2.37. The molecule has 0 atom stereocenters. The molecule has 1 aromatic rings. The molecule has 2 rings (SSSR count). The van der Waals surface area contributed by atoms with Gasteiger partial charge in [-0.05, 0) is 18.9 Å². The lowest BCUT2D eigenvalue weighted by molar-refractivity contribution is -0.402. The van der Waals surface area contributed by atoms with Crippen molar-refractivity contribution in [2.45, 2.75) is 18.3 Å². The molecule has 1 fully saturated rings. The summed E-state index contributed by atoms with van der Waals surface area (Å²) in [6.07, 6.45) is 0.514. The second-order valence-electron chi connectivity index (χ2n) is 3.89. The first kappa shape index (κ1) is 11.6. The van der Waals surface area contributed by atoms with Crippen molar-refractivity contribution in [2.24, 2.45) is 0 Å². The van der Waals surface area contributed by atoms with Gasteiger partial charge in [-0.1, -0.05) is 0 Å². The van der Waals surface area contributed by atoms with Crippen LogP contribution in [0, 0.1) is 10.1 Å². The van der Waals surface area contributed by atoms with Gasteiger partial charge in [-0.2, -0.15) is 0 Å². The van der Waals surface area contributed by atoms with Gasteiger partial charge >= 0.3 is 11.9 Å². The monoisotopic (exact) mass is 241 g/mol. The molecule has 0 unspecified atom stereocenters. The molecule has 0 spiro atoms. The molecule has 0 saturated carbocycles. The number of carboxylic acids is 1. The summed E-state index contributed by atoms with van der Waals surface area (Å²) < 4.78 is 10.1. The van der Waals surface area contributed by atoms with Crippen LogP contribution in [-0.2, 0) is 14.9 Å². The predicted octanol–water partition coefficient (Wildman–Crippen LogP) is 1.32. The Bertz CT molecular complexity index is 445. The molecule has 0 radical (unpaired) electrons. The van der Waals surface area contributed by atoms with Crippen LogP contribution in [0.1, 0.15) is 18.6 Å². The zero-order valence-corrected chi connectivity index (χ0v) is 8.92. The average molecular weight is 241 g/mol. The third-order valence-corrected chi connectivity index (χ3v) is 3.00. The lowest BCUT2D eigenvalue weighted by Crippen LogP contribution is -2.40. The van der Waals surface area contributed by atoms with Crippen molar-refractivity contribution in [3.8, 4) is 0 Å². The van der Waals surface area contributed by atoms with Crippen LogP contribution in [0.2, 0.25) is 0 Å². The van der Waals surface area contributed by atoms with Crippen molar-refractivity contribution < 1.29 is 24.0 Å². The molecule has 17 heavy (non-hydrogen) atoms. The molecule has 1 N–H and O–H groups in total. The Kier molecular flexibility index (Phi) is 2.84. The first-order valence-corrected chi connectivity index (χ1v) is 5.12. The van der Waals surface area contributed by atoms with Gasteiger partial charge in [-0.3, -0.25) is 14.9 Å². The van der Waals surface area contributed by atoms with Gasteiger partial charge in [0.1, 0.15) is 16.1 Å². The average Bonchev–Trinajstić information content (AvgIpc) is 2.79. The Morgan fingerprint density at radius 2 is 2.06 bits per heavy atom. The fourth-order valence-corrected chi connectivity index (χ4v) is 1.97. The first-order chi connectivity index (χ1) is 8.06. The first-order valence-electron chi connectivity index (χ1n) is 5.12. The third kappa shape index (κ3) is 1.89. The fraction of sp³-hybridized carbons (Fsp3) is 0.500. The molecule has 7 nitrogen and oxygen atoms in total. The summed E-state index contributed by atoms with van der Waals surface area (Å²) in [5.74, 6) is -1.35. The summed E-state index contributed by atoms with van der Waals surface area (Å²) in [7, 11) is 0. The van der Waals surface area contributed by atoms with E-state index < -0.39 is 22.2 Å².